The predicted octanol–water partition coefficient (Wildman–Crippen LogP) is 5.98. The van der Waals surface area contributed by atoms with E-state index in [1.807, 2.05) is 31.2 Å². The lowest BCUT2D eigenvalue weighted by atomic mass is 10.1. The van der Waals surface area contributed by atoms with Crippen molar-refractivity contribution in [3.63, 3.8) is 0 Å². The Morgan fingerprint density at radius 1 is 1.10 bits per heavy atom. The van der Waals surface area contributed by atoms with Crippen LogP contribution < -0.4 is 10.1 Å². The Labute approximate surface area is 143 Å². The lowest BCUT2D eigenvalue weighted by molar-refractivity contribution is 0.478. The van der Waals surface area contributed by atoms with Crippen LogP contribution in [0.2, 0.25) is 0 Å². The van der Waals surface area contributed by atoms with Crippen molar-refractivity contribution in [3.05, 3.63) is 56.5 Å². The minimum Gasteiger partial charge on any atom is -0.456 e. The fourth-order valence-electron chi connectivity index (χ4n) is 2.10. The maximum absolute atomic E-state index is 5.95. The Balaban J connectivity index is 2.19. The maximum atomic E-state index is 5.95. The number of nitrogens with one attached hydrogen (secondary N) is 1. The zero-order chi connectivity index (χ0) is 15.4. The highest BCUT2D eigenvalue weighted by Crippen LogP contribution is 2.33. The Morgan fingerprint density at radius 2 is 1.86 bits per heavy atom. The second-order valence-electron chi connectivity index (χ2n) is 4.98. The molecule has 0 aliphatic rings. The third-order valence-corrected chi connectivity index (χ3v) is 4.83. The topological polar surface area (TPSA) is 21.3 Å². The average Bonchev–Trinajstić information content (AvgIpc) is 2.45. The van der Waals surface area contributed by atoms with Crippen molar-refractivity contribution in [2.75, 3.05) is 6.54 Å². The lowest BCUT2D eigenvalue weighted by Gasteiger charge is -2.15. The number of aryl methyl sites for hydroxylation is 1. The Morgan fingerprint density at radius 3 is 2.48 bits per heavy atom. The molecule has 0 aliphatic heterocycles. The van der Waals surface area contributed by atoms with Crippen LogP contribution in [0.1, 0.15) is 31.0 Å². The summed E-state index contributed by atoms with van der Waals surface area (Å²) in [6, 6.07) is 12.5. The fourth-order valence-corrected chi connectivity index (χ4v) is 2.82. The maximum Gasteiger partial charge on any atom is 0.141 e. The van der Waals surface area contributed by atoms with Crippen LogP contribution in [0.5, 0.6) is 11.5 Å². The van der Waals surface area contributed by atoms with E-state index in [2.05, 4.69) is 63.2 Å². The molecule has 112 valence electrons. The van der Waals surface area contributed by atoms with Gasteiger partial charge in [0.25, 0.3) is 0 Å². The van der Waals surface area contributed by atoms with Gasteiger partial charge in [0.05, 0.1) is 4.47 Å². The van der Waals surface area contributed by atoms with Crippen molar-refractivity contribution in [2.24, 2.45) is 0 Å². The van der Waals surface area contributed by atoms with Crippen molar-refractivity contribution in [1.29, 1.82) is 0 Å². The molecular formula is C17H19Br2NO. The molecular weight excluding hydrogens is 394 g/mol. The van der Waals surface area contributed by atoms with Crippen LogP contribution in [0, 0.1) is 6.92 Å². The van der Waals surface area contributed by atoms with E-state index >= 15 is 0 Å². The summed E-state index contributed by atoms with van der Waals surface area (Å²) < 4.78 is 8.00. The van der Waals surface area contributed by atoms with Gasteiger partial charge in [-0.25, -0.2) is 0 Å². The molecule has 0 radical (unpaired) electrons. The van der Waals surface area contributed by atoms with E-state index in [0.29, 0.717) is 6.04 Å². The first-order valence-electron chi connectivity index (χ1n) is 6.98. The third-order valence-electron chi connectivity index (χ3n) is 3.32. The summed E-state index contributed by atoms with van der Waals surface area (Å²) in [5.41, 5.74) is 2.39. The van der Waals surface area contributed by atoms with Crippen LogP contribution in [0.3, 0.4) is 0 Å². The van der Waals surface area contributed by atoms with E-state index in [1.165, 1.54) is 5.56 Å². The highest BCUT2D eigenvalue weighted by molar-refractivity contribution is 9.10. The van der Waals surface area contributed by atoms with Gasteiger partial charge in [-0.1, -0.05) is 28.9 Å². The second-order valence-corrected chi connectivity index (χ2v) is 6.69. The van der Waals surface area contributed by atoms with E-state index < -0.39 is 0 Å². The molecule has 21 heavy (non-hydrogen) atoms. The van der Waals surface area contributed by atoms with Crippen molar-refractivity contribution in [2.45, 2.75) is 26.8 Å². The first-order valence-corrected chi connectivity index (χ1v) is 8.56. The molecule has 0 spiro atoms. The van der Waals surface area contributed by atoms with Crippen LogP contribution in [0.15, 0.2) is 45.3 Å². The molecule has 1 unspecified atom stereocenters. The second kappa shape index (κ2) is 7.43. The summed E-state index contributed by atoms with van der Waals surface area (Å²) in [7, 11) is 0. The van der Waals surface area contributed by atoms with Gasteiger partial charge in [-0.2, -0.15) is 0 Å². The molecule has 0 aromatic heterocycles. The smallest absolute Gasteiger partial charge is 0.141 e. The summed E-state index contributed by atoms with van der Waals surface area (Å²) in [5, 5.41) is 3.40. The Bertz CT molecular complexity index is 628. The predicted molar refractivity (Wildman–Crippen MR) is 95.2 cm³/mol. The normalized spacial score (nSPS) is 12.2. The highest BCUT2D eigenvalue weighted by atomic mass is 79.9. The lowest BCUT2D eigenvalue weighted by Crippen LogP contribution is -2.17. The molecule has 2 rings (SSSR count). The molecule has 0 bridgehead atoms. The van der Waals surface area contributed by atoms with Gasteiger partial charge in [0, 0.05) is 10.5 Å². The molecule has 1 atom stereocenters. The minimum atomic E-state index is 0.329. The number of rotatable bonds is 5. The Hall–Kier alpha value is -0.840. The number of benzene rings is 2. The van der Waals surface area contributed by atoms with Gasteiger partial charge in [0.2, 0.25) is 0 Å². The first-order chi connectivity index (χ1) is 10.0. The van der Waals surface area contributed by atoms with Crippen LogP contribution in [-0.4, -0.2) is 6.54 Å². The van der Waals surface area contributed by atoms with Crippen LogP contribution in [0.25, 0.3) is 0 Å². The quantitative estimate of drug-likeness (QED) is 0.651. The molecule has 0 amide bonds. The van der Waals surface area contributed by atoms with Gasteiger partial charge in [0.15, 0.2) is 0 Å². The van der Waals surface area contributed by atoms with Gasteiger partial charge in [-0.05, 0) is 77.8 Å². The van der Waals surface area contributed by atoms with Gasteiger partial charge in [-0.3, -0.25) is 0 Å². The minimum absolute atomic E-state index is 0.329. The molecule has 1 N–H and O–H groups in total. The largest absolute Gasteiger partial charge is 0.456 e. The van der Waals surface area contributed by atoms with Gasteiger partial charge in [-0.15, -0.1) is 0 Å². The number of halogens is 2. The summed E-state index contributed by atoms with van der Waals surface area (Å²) in [5.74, 6) is 1.66. The fraction of sp³-hybridized carbons (Fsp3) is 0.294. The zero-order valence-corrected chi connectivity index (χ0v) is 15.6. The van der Waals surface area contributed by atoms with Gasteiger partial charge < -0.3 is 10.1 Å². The van der Waals surface area contributed by atoms with Gasteiger partial charge >= 0.3 is 0 Å². The summed E-state index contributed by atoms with van der Waals surface area (Å²) >= 11 is 7.09. The summed E-state index contributed by atoms with van der Waals surface area (Å²) in [4.78, 5) is 0. The molecule has 2 nitrogen and oxygen atoms in total. The molecule has 0 heterocycles. The van der Waals surface area contributed by atoms with E-state index in [-0.39, 0.29) is 0 Å². The van der Waals surface area contributed by atoms with E-state index in [1.54, 1.807) is 0 Å². The van der Waals surface area contributed by atoms with Crippen molar-refractivity contribution in [3.8, 4) is 11.5 Å². The number of hydrogen-bond donors (Lipinski definition) is 1. The standard InChI is InChI=1S/C17H19Br2NO/c1-4-20-12(3)13-5-8-17(16(19)10-13)21-14-6-7-15(18)11(2)9-14/h5-10,12,20H,4H2,1-3H3. The molecule has 0 saturated heterocycles. The van der Waals surface area contributed by atoms with Crippen molar-refractivity contribution in [1.82, 2.24) is 5.32 Å². The van der Waals surface area contributed by atoms with Crippen molar-refractivity contribution >= 4 is 31.9 Å². The Kier molecular flexibility index (Phi) is 5.85. The van der Waals surface area contributed by atoms with Crippen molar-refractivity contribution < 1.29 is 4.74 Å². The van der Waals surface area contributed by atoms with Crippen LogP contribution in [-0.2, 0) is 0 Å². The monoisotopic (exact) mass is 411 g/mol. The van der Waals surface area contributed by atoms with E-state index in [9.17, 15) is 0 Å². The molecule has 2 aromatic rings. The number of ether oxygens (including phenoxy) is 1. The SMILES string of the molecule is CCNC(C)c1ccc(Oc2ccc(Br)c(C)c2)c(Br)c1. The molecule has 4 heteroatoms. The van der Waals surface area contributed by atoms with E-state index in [4.69, 9.17) is 4.74 Å². The average molecular weight is 413 g/mol. The summed E-state index contributed by atoms with van der Waals surface area (Å²) in [6.07, 6.45) is 0. The zero-order valence-electron chi connectivity index (χ0n) is 12.4. The molecule has 2 aromatic carbocycles. The van der Waals surface area contributed by atoms with Crippen LogP contribution in [0.4, 0.5) is 0 Å². The summed E-state index contributed by atoms with van der Waals surface area (Å²) in [6.45, 7) is 7.27. The molecule has 0 saturated carbocycles. The van der Waals surface area contributed by atoms with E-state index in [0.717, 1.165) is 32.6 Å². The number of hydrogen-bond acceptors (Lipinski definition) is 2. The third kappa shape index (κ3) is 4.31. The van der Waals surface area contributed by atoms with Gasteiger partial charge in [0.1, 0.15) is 11.5 Å². The molecule has 0 fully saturated rings. The first kappa shape index (κ1) is 16.5. The highest BCUT2D eigenvalue weighted by Gasteiger charge is 2.09. The van der Waals surface area contributed by atoms with Crippen LogP contribution >= 0.6 is 31.9 Å². The molecule has 0 aliphatic carbocycles.